The highest BCUT2D eigenvalue weighted by Gasteiger charge is 2.25. The number of fused-ring (bicyclic) bond motifs is 1. The van der Waals surface area contributed by atoms with Crippen molar-refractivity contribution in [3.8, 4) is 17.2 Å². The van der Waals surface area contributed by atoms with E-state index in [1.165, 1.54) is 0 Å². The molecule has 0 saturated heterocycles. The predicted octanol–water partition coefficient (Wildman–Crippen LogP) is 1.80. The molecule has 136 valence electrons. The van der Waals surface area contributed by atoms with Crippen LogP contribution in [0.2, 0.25) is 0 Å². The van der Waals surface area contributed by atoms with Crippen LogP contribution < -0.4 is 19.9 Å². The maximum absolute atomic E-state index is 12.3. The molecule has 24 heavy (non-hydrogen) atoms. The molecule has 7 heteroatoms. The highest BCUT2D eigenvalue weighted by atomic mass is 35.5. The van der Waals surface area contributed by atoms with E-state index in [9.17, 15) is 4.79 Å². The van der Waals surface area contributed by atoms with E-state index in [0.717, 1.165) is 24.0 Å². The van der Waals surface area contributed by atoms with Crippen LogP contribution in [0.15, 0.2) is 6.07 Å². The molecule has 0 radical (unpaired) electrons. The molecule has 6 nitrogen and oxygen atoms in total. The van der Waals surface area contributed by atoms with E-state index in [-0.39, 0.29) is 24.4 Å². The third kappa shape index (κ3) is 4.24. The summed E-state index contributed by atoms with van der Waals surface area (Å²) in [6, 6.07) is 1.86. The van der Waals surface area contributed by atoms with Gasteiger partial charge >= 0.3 is 0 Å². The smallest absolute Gasteiger partial charge is 0.224 e. The van der Waals surface area contributed by atoms with Gasteiger partial charge in [-0.2, -0.15) is 0 Å². The molecule has 1 atom stereocenters. The molecule has 2 rings (SSSR count). The van der Waals surface area contributed by atoms with Crippen molar-refractivity contribution in [1.29, 1.82) is 0 Å². The van der Waals surface area contributed by atoms with E-state index in [1.807, 2.05) is 17.9 Å². The molecule has 0 fully saturated rings. The average molecular weight is 359 g/mol. The van der Waals surface area contributed by atoms with Crippen LogP contribution in [-0.2, 0) is 17.6 Å². The summed E-state index contributed by atoms with van der Waals surface area (Å²) in [4.78, 5) is 14.2. The van der Waals surface area contributed by atoms with Crippen LogP contribution in [0.1, 0.15) is 24.5 Å². The van der Waals surface area contributed by atoms with E-state index >= 15 is 0 Å². The summed E-state index contributed by atoms with van der Waals surface area (Å²) in [6.07, 6.45) is 1.86. The second kappa shape index (κ2) is 8.99. The second-order valence-electron chi connectivity index (χ2n) is 5.85. The molecule has 1 aliphatic rings. The number of hydrogen-bond acceptors (Lipinski definition) is 5. The Hall–Kier alpha value is -1.66. The summed E-state index contributed by atoms with van der Waals surface area (Å²) in [5.41, 5.74) is 7.96. The zero-order chi connectivity index (χ0) is 17.0. The molecule has 0 bridgehead atoms. The van der Waals surface area contributed by atoms with E-state index < -0.39 is 0 Å². The number of hydrogen-bond donors (Lipinski definition) is 1. The number of nitrogens with two attached hydrogens (primary N) is 1. The molecule has 1 aliphatic heterocycles. The standard InChI is InChI=1S/C17H26N2O4.ClH/c1-11(18)9-15(20)19-7-5-12-10-14(21-2)17(23-4)16(22-3)13(12)6-8-19;/h10-11H,5-9,18H2,1-4H3;1H. The van der Waals surface area contributed by atoms with Gasteiger partial charge in [0, 0.05) is 31.1 Å². The number of rotatable bonds is 5. The predicted molar refractivity (Wildman–Crippen MR) is 95.6 cm³/mol. The number of nitrogens with zero attached hydrogens (tertiary/aromatic N) is 1. The fourth-order valence-corrected chi connectivity index (χ4v) is 3.03. The number of carbonyl (C=O) groups is 1. The Morgan fingerprint density at radius 1 is 1.17 bits per heavy atom. The van der Waals surface area contributed by atoms with Crippen molar-refractivity contribution in [3.63, 3.8) is 0 Å². The average Bonchev–Trinajstić information content (AvgIpc) is 2.74. The molecule has 0 aliphatic carbocycles. The number of benzene rings is 1. The largest absolute Gasteiger partial charge is 0.493 e. The van der Waals surface area contributed by atoms with Gasteiger partial charge in [0.15, 0.2) is 11.5 Å². The number of ether oxygens (including phenoxy) is 3. The van der Waals surface area contributed by atoms with Crippen molar-refractivity contribution in [1.82, 2.24) is 4.90 Å². The second-order valence-corrected chi connectivity index (χ2v) is 5.85. The molecule has 1 aromatic rings. The molecule has 2 N–H and O–H groups in total. The van der Waals surface area contributed by atoms with Crippen LogP contribution in [0.4, 0.5) is 0 Å². The summed E-state index contributed by atoms with van der Waals surface area (Å²) in [7, 11) is 4.84. The Labute approximate surface area is 149 Å². The Kier molecular flexibility index (Phi) is 7.63. The Morgan fingerprint density at radius 2 is 1.79 bits per heavy atom. The zero-order valence-electron chi connectivity index (χ0n) is 14.8. The third-order valence-electron chi connectivity index (χ3n) is 4.16. The Bertz CT molecular complexity index is 578. The highest BCUT2D eigenvalue weighted by molar-refractivity contribution is 5.85. The summed E-state index contributed by atoms with van der Waals surface area (Å²) >= 11 is 0. The molecule has 1 unspecified atom stereocenters. The van der Waals surface area contributed by atoms with Crippen LogP contribution >= 0.6 is 12.4 Å². The van der Waals surface area contributed by atoms with Crippen molar-refractivity contribution in [2.24, 2.45) is 5.73 Å². The molecule has 0 spiro atoms. The van der Waals surface area contributed by atoms with Crippen LogP contribution in [0, 0.1) is 0 Å². The maximum Gasteiger partial charge on any atom is 0.224 e. The molecule has 1 amide bonds. The van der Waals surface area contributed by atoms with Gasteiger partial charge in [0.1, 0.15) is 0 Å². The van der Waals surface area contributed by atoms with Gasteiger partial charge in [-0.05, 0) is 31.4 Å². The van der Waals surface area contributed by atoms with Gasteiger partial charge in [0.05, 0.1) is 21.3 Å². The quantitative estimate of drug-likeness (QED) is 0.868. The molecule has 1 heterocycles. The van der Waals surface area contributed by atoms with Crippen molar-refractivity contribution >= 4 is 18.3 Å². The van der Waals surface area contributed by atoms with Crippen LogP contribution in [0.3, 0.4) is 0 Å². The van der Waals surface area contributed by atoms with Gasteiger partial charge in [0.25, 0.3) is 0 Å². The van der Waals surface area contributed by atoms with Crippen LogP contribution in [0.5, 0.6) is 17.2 Å². The first kappa shape index (κ1) is 20.4. The van der Waals surface area contributed by atoms with Gasteiger partial charge in [0.2, 0.25) is 11.7 Å². The first-order chi connectivity index (χ1) is 11.0. The lowest BCUT2D eigenvalue weighted by atomic mass is 10.0. The van der Waals surface area contributed by atoms with Gasteiger partial charge < -0.3 is 24.8 Å². The number of carbonyl (C=O) groups excluding carboxylic acids is 1. The lowest BCUT2D eigenvalue weighted by Crippen LogP contribution is -2.36. The van der Waals surface area contributed by atoms with Crippen LogP contribution in [0.25, 0.3) is 0 Å². The minimum atomic E-state index is -0.122. The number of amides is 1. The molecule has 0 aromatic heterocycles. The lowest BCUT2D eigenvalue weighted by molar-refractivity contribution is -0.131. The van der Waals surface area contributed by atoms with Gasteiger partial charge in [-0.1, -0.05) is 0 Å². The van der Waals surface area contributed by atoms with E-state index in [2.05, 4.69) is 0 Å². The van der Waals surface area contributed by atoms with Gasteiger partial charge in [-0.15, -0.1) is 12.4 Å². The minimum Gasteiger partial charge on any atom is -0.493 e. The van der Waals surface area contributed by atoms with Crippen molar-refractivity contribution in [2.75, 3.05) is 34.4 Å². The van der Waals surface area contributed by atoms with E-state index in [0.29, 0.717) is 36.8 Å². The monoisotopic (exact) mass is 358 g/mol. The molecule has 0 saturated carbocycles. The number of methoxy groups -OCH3 is 3. The van der Waals surface area contributed by atoms with Gasteiger partial charge in [-0.25, -0.2) is 0 Å². The van der Waals surface area contributed by atoms with Crippen molar-refractivity contribution < 1.29 is 19.0 Å². The third-order valence-corrected chi connectivity index (χ3v) is 4.16. The Morgan fingerprint density at radius 3 is 2.33 bits per heavy atom. The normalized spacial score (nSPS) is 14.8. The SMILES string of the molecule is COc1cc2c(c(OC)c1OC)CCN(C(=O)CC(C)N)CC2.Cl. The summed E-state index contributed by atoms with van der Waals surface area (Å²) in [5, 5.41) is 0. The van der Waals surface area contributed by atoms with Crippen molar-refractivity contribution in [3.05, 3.63) is 17.2 Å². The first-order valence-corrected chi connectivity index (χ1v) is 7.85. The lowest BCUT2D eigenvalue weighted by Gasteiger charge is -2.21. The fourth-order valence-electron chi connectivity index (χ4n) is 3.03. The first-order valence-electron chi connectivity index (χ1n) is 7.85. The fraction of sp³-hybridized carbons (Fsp3) is 0.588. The topological polar surface area (TPSA) is 74.0 Å². The molecular formula is C17H27ClN2O4. The van der Waals surface area contributed by atoms with Crippen LogP contribution in [-0.4, -0.2) is 51.3 Å². The number of halogens is 1. The van der Waals surface area contributed by atoms with Gasteiger partial charge in [-0.3, -0.25) is 4.79 Å². The molecule has 1 aromatic carbocycles. The van der Waals surface area contributed by atoms with E-state index in [4.69, 9.17) is 19.9 Å². The zero-order valence-corrected chi connectivity index (χ0v) is 15.6. The van der Waals surface area contributed by atoms with E-state index in [1.54, 1.807) is 21.3 Å². The summed E-state index contributed by atoms with van der Waals surface area (Å²) in [5.74, 6) is 2.05. The van der Waals surface area contributed by atoms with Crippen molar-refractivity contribution in [2.45, 2.75) is 32.2 Å². The minimum absolute atomic E-state index is 0. The summed E-state index contributed by atoms with van der Waals surface area (Å²) < 4.78 is 16.4. The summed E-state index contributed by atoms with van der Waals surface area (Å²) in [6.45, 7) is 3.19. The Balaban J connectivity index is 0.00000288. The maximum atomic E-state index is 12.3. The highest BCUT2D eigenvalue weighted by Crippen LogP contribution is 2.43. The molecular weight excluding hydrogens is 332 g/mol.